The summed E-state index contributed by atoms with van der Waals surface area (Å²) in [5.41, 5.74) is 1.79. The summed E-state index contributed by atoms with van der Waals surface area (Å²) in [5.74, 6) is -4.28. The molecule has 0 saturated heterocycles. The van der Waals surface area contributed by atoms with Crippen LogP contribution < -0.4 is 10.2 Å². The van der Waals surface area contributed by atoms with E-state index in [9.17, 15) is 32.7 Å². The van der Waals surface area contributed by atoms with Gasteiger partial charge in [-0.3, -0.25) is 14.5 Å². The van der Waals surface area contributed by atoms with Gasteiger partial charge in [-0.1, -0.05) is 18.2 Å². The Kier molecular flexibility index (Phi) is 3.73. The van der Waals surface area contributed by atoms with Crippen LogP contribution in [0.5, 0.6) is 0 Å². The molecule has 128 valence electrons. The monoisotopic (exact) mass is 342 g/mol. The first-order valence-electron chi connectivity index (χ1n) is 7.24. The summed E-state index contributed by atoms with van der Waals surface area (Å²) in [4.78, 5) is 36.3. The van der Waals surface area contributed by atoms with Crippen LogP contribution in [-0.2, 0) is 27.2 Å². The third kappa shape index (κ3) is 2.59. The summed E-state index contributed by atoms with van der Waals surface area (Å²) >= 11 is 0. The molecule has 0 fully saturated rings. The average molecular weight is 342 g/mol. The number of carbonyl (C=O) groups is 3. The molecule has 3 rings (SSSR count). The molecule has 2 aliphatic heterocycles. The van der Waals surface area contributed by atoms with Gasteiger partial charge in [0, 0.05) is 6.42 Å². The van der Waals surface area contributed by atoms with Crippen molar-refractivity contribution in [3.63, 3.8) is 0 Å². The Morgan fingerprint density at radius 3 is 2.54 bits per heavy atom. The van der Waals surface area contributed by atoms with E-state index in [0.717, 1.165) is 4.90 Å². The normalized spacial score (nSPS) is 22.8. The minimum Gasteiger partial charge on any atom is -0.480 e. The van der Waals surface area contributed by atoms with E-state index in [1.54, 1.807) is 23.5 Å². The molecule has 0 aromatic heterocycles. The van der Waals surface area contributed by atoms with Crippen molar-refractivity contribution in [3.8, 4) is 0 Å². The van der Waals surface area contributed by atoms with Crippen LogP contribution in [0.3, 0.4) is 0 Å². The van der Waals surface area contributed by atoms with Gasteiger partial charge in [0.15, 0.2) is 0 Å². The highest BCUT2D eigenvalue weighted by molar-refractivity contribution is 6.06. The molecule has 0 saturated carbocycles. The standard InChI is InChI=1S/C15H13F3N2O4/c16-15(17,18)14(24)19-9-5-4-7-2-1-3-8-6-10(13(22)23)20(11(7)8)12(9)21/h1-3,9-10H,4-6H2,(H,19,24)(H,22,23)/t9-,10-/m0/s1. The fourth-order valence-electron chi connectivity index (χ4n) is 3.20. The second-order valence-electron chi connectivity index (χ2n) is 5.75. The van der Waals surface area contributed by atoms with E-state index in [4.69, 9.17) is 0 Å². The number of rotatable bonds is 2. The highest BCUT2D eigenvalue weighted by Crippen LogP contribution is 2.39. The Labute approximate surface area is 134 Å². The Morgan fingerprint density at radius 1 is 1.25 bits per heavy atom. The van der Waals surface area contributed by atoms with Crippen LogP contribution in [0.1, 0.15) is 17.5 Å². The summed E-state index contributed by atoms with van der Waals surface area (Å²) in [5, 5.41) is 11.0. The van der Waals surface area contributed by atoms with E-state index in [1.165, 1.54) is 0 Å². The molecule has 1 aromatic carbocycles. The second kappa shape index (κ2) is 5.50. The van der Waals surface area contributed by atoms with Gasteiger partial charge in [0.2, 0.25) is 5.91 Å². The Morgan fingerprint density at radius 2 is 1.92 bits per heavy atom. The predicted molar refractivity (Wildman–Crippen MR) is 75.4 cm³/mol. The van der Waals surface area contributed by atoms with Gasteiger partial charge in [-0.05, 0) is 24.0 Å². The molecular formula is C15H13F3N2O4. The molecule has 1 aromatic rings. The first-order valence-corrected chi connectivity index (χ1v) is 7.24. The lowest BCUT2D eigenvalue weighted by Crippen LogP contribution is -2.54. The second-order valence-corrected chi connectivity index (χ2v) is 5.75. The van der Waals surface area contributed by atoms with Gasteiger partial charge in [0.25, 0.3) is 0 Å². The van der Waals surface area contributed by atoms with Crippen molar-refractivity contribution in [2.45, 2.75) is 37.5 Å². The first kappa shape index (κ1) is 16.3. The summed E-state index contributed by atoms with van der Waals surface area (Å²) in [6, 6.07) is 2.51. The van der Waals surface area contributed by atoms with Crippen LogP contribution in [0.25, 0.3) is 0 Å². The lowest BCUT2D eigenvalue weighted by molar-refractivity contribution is -0.174. The molecule has 0 bridgehead atoms. The Balaban J connectivity index is 1.97. The number of amides is 2. The van der Waals surface area contributed by atoms with Crippen LogP contribution in [-0.4, -0.2) is 41.2 Å². The minimum atomic E-state index is -5.11. The van der Waals surface area contributed by atoms with Gasteiger partial charge < -0.3 is 10.4 Å². The average Bonchev–Trinajstić information content (AvgIpc) is 2.83. The number of alkyl halides is 3. The van der Waals surface area contributed by atoms with Crippen molar-refractivity contribution in [2.75, 3.05) is 4.90 Å². The number of aryl methyl sites for hydroxylation is 1. The molecule has 2 atom stereocenters. The maximum atomic E-state index is 12.6. The zero-order valence-corrected chi connectivity index (χ0v) is 12.3. The molecule has 2 aliphatic rings. The van der Waals surface area contributed by atoms with Gasteiger partial charge in [0.05, 0.1) is 5.69 Å². The number of carbonyl (C=O) groups excluding carboxylic acids is 2. The predicted octanol–water partition coefficient (Wildman–Crippen LogP) is 1.02. The van der Waals surface area contributed by atoms with Crippen LogP contribution in [0.2, 0.25) is 0 Å². The summed E-state index contributed by atoms with van der Waals surface area (Å²) in [7, 11) is 0. The molecule has 0 aliphatic carbocycles. The lowest BCUT2D eigenvalue weighted by Gasteiger charge is -2.26. The van der Waals surface area contributed by atoms with Gasteiger partial charge >= 0.3 is 18.1 Å². The van der Waals surface area contributed by atoms with Crippen molar-refractivity contribution in [2.24, 2.45) is 0 Å². The molecule has 0 spiro atoms. The number of carboxylic acid groups (broad SMARTS) is 1. The van der Waals surface area contributed by atoms with Crippen molar-refractivity contribution in [1.29, 1.82) is 0 Å². The summed E-state index contributed by atoms with van der Waals surface area (Å²) < 4.78 is 37.4. The van der Waals surface area contributed by atoms with E-state index < -0.39 is 36.0 Å². The van der Waals surface area contributed by atoms with Crippen LogP contribution in [0.15, 0.2) is 18.2 Å². The van der Waals surface area contributed by atoms with Gasteiger partial charge in [-0.25, -0.2) is 4.79 Å². The van der Waals surface area contributed by atoms with Crippen LogP contribution in [0, 0.1) is 0 Å². The number of hydrogen-bond acceptors (Lipinski definition) is 3. The number of anilines is 1. The first-order chi connectivity index (χ1) is 11.2. The Bertz CT molecular complexity index is 732. The zero-order valence-electron chi connectivity index (χ0n) is 12.3. The fraction of sp³-hybridized carbons (Fsp3) is 0.400. The molecule has 9 heteroatoms. The number of benzene rings is 1. The quantitative estimate of drug-likeness (QED) is 0.840. The maximum Gasteiger partial charge on any atom is 0.471 e. The van der Waals surface area contributed by atoms with Crippen LogP contribution >= 0.6 is 0 Å². The van der Waals surface area contributed by atoms with Gasteiger partial charge in [-0.15, -0.1) is 0 Å². The van der Waals surface area contributed by atoms with E-state index in [0.29, 0.717) is 16.8 Å². The van der Waals surface area contributed by atoms with Crippen molar-refractivity contribution in [3.05, 3.63) is 29.3 Å². The Hall–Kier alpha value is -2.58. The third-order valence-corrected chi connectivity index (χ3v) is 4.25. The highest BCUT2D eigenvalue weighted by atomic mass is 19.4. The number of nitrogens with zero attached hydrogens (tertiary/aromatic N) is 1. The maximum absolute atomic E-state index is 12.6. The van der Waals surface area contributed by atoms with Crippen molar-refractivity contribution in [1.82, 2.24) is 5.32 Å². The van der Waals surface area contributed by atoms with E-state index in [-0.39, 0.29) is 19.3 Å². The molecule has 0 unspecified atom stereocenters. The molecule has 2 amide bonds. The van der Waals surface area contributed by atoms with E-state index in [1.807, 2.05) is 0 Å². The topological polar surface area (TPSA) is 86.7 Å². The molecule has 2 N–H and O–H groups in total. The fourth-order valence-corrected chi connectivity index (χ4v) is 3.20. The van der Waals surface area contributed by atoms with Gasteiger partial charge in [-0.2, -0.15) is 13.2 Å². The molecule has 2 heterocycles. The molecule has 0 radical (unpaired) electrons. The third-order valence-electron chi connectivity index (χ3n) is 4.25. The number of halogens is 3. The minimum absolute atomic E-state index is 0.0278. The SMILES string of the molecule is O=C(O)[C@@H]1Cc2cccc3c2N1C(=O)[C@@H](NC(=O)C(F)(F)F)CC3. The van der Waals surface area contributed by atoms with E-state index >= 15 is 0 Å². The number of aliphatic carboxylic acids is 1. The number of carboxylic acids is 1. The largest absolute Gasteiger partial charge is 0.480 e. The van der Waals surface area contributed by atoms with Crippen LogP contribution in [0.4, 0.5) is 18.9 Å². The molecule has 24 heavy (non-hydrogen) atoms. The summed E-state index contributed by atoms with van der Waals surface area (Å²) in [6.07, 6.45) is -4.79. The number of hydrogen-bond donors (Lipinski definition) is 2. The number of nitrogens with one attached hydrogen (secondary N) is 1. The number of para-hydroxylation sites is 1. The zero-order chi connectivity index (χ0) is 17.6. The lowest BCUT2D eigenvalue weighted by atomic mass is 10.0. The summed E-state index contributed by atoms with van der Waals surface area (Å²) in [6.45, 7) is 0. The molecule has 6 nitrogen and oxygen atoms in total. The van der Waals surface area contributed by atoms with Crippen molar-refractivity contribution >= 4 is 23.5 Å². The van der Waals surface area contributed by atoms with Crippen molar-refractivity contribution < 1.29 is 32.7 Å². The smallest absolute Gasteiger partial charge is 0.471 e. The highest BCUT2D eigenvalue weighted by Gasteiger charge is 2.46. The van der Waals surface area contributed by atoms with Gasteiger partial charge in [0.1, 0.15) is 12.1 Å². The van der Waals surface area contributed by atoms with E-state index in [2.05, 4.69) is 0 Å². The molecular weight excluding hydrogens is 329 g/mol.